The lowest BCUT2D eigenvalue weighted by molar-refractivity contribution is 0.0652. The first kappa shape index (κ1) is 14.6. The number of hydrogen-bond acceptors (Lipinski definition) is 4. The fourth-order valence-electron chi connectivity index (χ4n) is 2.69. The van der Waals surface area contributed by atoms with Gasteiger partial charge in [-0.25, -0.2) is 4.79 Å². The maximum Gasteiger partial charge on any atom is 0.371 e. The Labute approximate surface area is 118 Å². The van der Waals surface area contributed by atoms with Crippen molar-refractivity contribution >= 4 is 11.9 Å². The number of carbonyl (C=O) groups is 2. The predicted molar refractivity (Wildman–Crippen MR) is 72.9 cm³/mol. The Morgan fingerprint density at radius 2 is 2.00 bits per heavy atom. The molecule has 0 bridgehead atoms. The standard InChI is InChI=1S/C14H20N2O4/c1-3-15(4-2)10-7-8-16(9-10)13(17)11-5-6-12(20-11)14(18)19/h5-6,10H,3-4,7-9H2,1-2H3,(H,18,19). The van der Waals surface area contributed by atoms with Crippen LogP contribution in [0.4, 0.5) is 0 Å². The van der Waals surface area contributed by atoms with Gasteiger partial charge in [0.1, 0.15) is 0 Å². The lowest BCUT2D eigenvalue weighted by Gasteiger charge is -2.25. The van der Waals surface area contributed by atoms with E-state index >= 15 is 0 Å². The van der Waals surface area contributed by atoms with Crippen LogP contribution in [0.1, 0.15) is 41.4 Å². The van der Waals surface area contributed by atoms with E-state index in [-0.39, 0.29) is 17.4 Å². The van der Waals surface area contributed by atoms with Crippen LogP contribution in [0.2, 0.25) is 0 Å². The Balaban J connectivity index is 2.02. The van der Waals surface area contributed by atoms with Gasteiger partial charge in [-0.05, 0) is 31.6 Å². The Morgan fingerprint density at radius 1 is 1.35 bits per heavy atom. The zero-order valence-corrected chi connectivity index (χ0v) is 11.8. The van der Waals surface area contributed by atoms with Crippen molar-refractivity contribution in [3.8, 4) is 0 Å². The van der Waals surface area contributed by atoms with Crippen molar-refractivity contribution in [3.05, 3.63) is 23.7 Å². The number of nitrogens with zero attached hydrogens (tertiary/aromatic N) is 2. The maximum atomic E-state index is 12.2. The molecule has 2 heterocycles. The van der Waals surface area contributed by atoms with Crippen LogP contribution in [0.3, 0.4) is 0 Å². The largest absolute Gasteiger partial charge is 0.475 e. The monoisotopic (exact) mass is 280 g/mol. The van der Waals surface area contributed by atoms with Gasteiger partial charge in [0.15, 0.2) is 5.76 Å². The first-order valence-corrected chi connectivity index (χ1v) is 6.93. The zero-order valence-electron chi connectivity index (χ0n) is 11.8. The van der Waals surface area contributed by atoms with Crippen LogP contribution in [0.25, 0.3) is 0 Å². The van der Waals surface area contributed by atoms with Gasteiger partial charge >= 0.3 is 5.97 Å². The normalized spacial score (nSPS) is 18.8. The summed E-state index contributed by atoms with van der Waals surface area (Å²) in [4.78, 5) is 27.1. The molecule has 1 aromatic heterocycles. The number of aromatic carboxylic acids is 1. The van der Waals surface area contributed by atoms with Gasteiger partial charge in [-0.15, -0.1) is 0 Å². The number of carboxylic acid groups (broad SMARTS) is 1. The molecule has 0 aromatic carbocycles. The minimum Gasteiger partial charge on any atom is -0.475 e. The molecule has 1 aliphatic rings. The lowest BCUT2D eigenvalue weighted by Crippen LogP contribution is -2.38. The Bertz CT molecular complexity index is 493. The predicted octanol–water partition coefficient (Wildman–Crippen LogP) is 1.53. The van der Waals surface area contributed by atoms with Crippen molar-refractivity contribution in [2.45, 2.75) is 26.3 Å². The van der Waals surface area contributed by atoms with Crippen molar-refractivity contribution in [2.75, 3.05) is 26.2 Å². The molecule has 0 aliphatic carbocycles. The summed E-state index contributed by atoms with van der Waals surface area (Å²) in [6, 6.07) is 3.12. The third-order valence-electron chi connectivity index (χ3n) is 3.81. The molecule has 0 saturated carbocycles. The number of amides is 1. The zero-order chi connectivity index (χ0) is 14.7. The number of likely N-dealkylation sites (tertiary alicyclic amines) is 1. The van der Waals surface area contributed by atoms with Crippen LogP contribution in [0, 0.1) is 0 Å². The minimum absolute atomic E-state index is 0.0996. The van der Waals surface area contributed by atoms with E-state index in [1.54, 1.807) is 4.90 Å². The highest BCUT2D eigenvalue weighted by Gasteiger charge is 2.31. The van der Waals surface area contributed by atoms with Gasteiger partial charge < -0.3 is 14.4 Å². The highest BCUT2D eigenvalue weighted by Crippen LogP contribution is 2.19. The Morgan fingerprint density at radius 3 is 2.55 bits per heavy atom. The van der Waals surface area contributed by atoms with Crippen LogP contribution < -0.4 is 0 Å². The van der Waals surface area contributed by atoms with E-state index in [1.165, 1.54) is 12.1 Å². The summed E-state index contributed by atoms with van der Waals surface area (Å²) in [5.41, 5.74) is 0. The van der Waals surface area contributed by atoms with Gasteiger partial charge in [-0.2, -0.15) is 0 Å². The van der Waals surface area contributed by atoms with E-state index in [0.717, 1.165) is 19.5 Å². The molecule has 1 aliphatic heterocycles. The third-order valence-corrected chi connectivity index (χ3v) is 3.81. The fourth-order valence-corrected chi connectivity index (χ4v) is 2.69. The van der Waals surface area contributed by atoms with Crippen molar-refractivity contribution < 1.29 is 19.1 Å². The number of likely N-dealkylation sites (N-methyl/N-ethyl adjacent to an activating group) is 1. The average molecular weight is 280 g/mol. The first-order chi connectivity index (χ1) is 9.56. The topological polar surface area (TPSA) is 74.0 Å². The number of hydrogen-bond donors (Lipinski definition) is 1. The van der Waals surface area contributed by atoms with Crippen LogP contribution in [-0.4, -0.2) is 59.0 Å². The summed E-state index contributed by atoms with van der Waals surface area (Å²) < 4.78 is 5.06. The lowest BCUT2D eigenvalue weighted by atomic mass is 10.2. The first-order valence-electron chi connectivity index (χ1n) is 6.93. The summed E-state index contributed by atoms with van der Waals surface area (Å²) in [7, 11) is 0. The molecule has 110 valence electrons. The van der Waals surface area contributed by atoms with Crippen molar-refractivity contribution in [3.63, 3.8) is 0 Å². The SMILES string of the molecule is CCN(CC)C1CCN(C(=O)c2ccc(C(=O)O)o2)C1. The molecule has 1 unspecified atom stereocenters. The second kappa shape index (κ2) is 6.09. The van der Waals surface area contributed by atoms with Gasteiger partial charge in [0.2, 0.25) is 5.76 Å². The molecule has 0 spiro atoms. The van der Waals surface area contributed by atoms with Crippen LogP contribution in [-0.2, 0) is 0 Å². The number of furan rings is 1. The number of rotatable bonds is 5. The van der Waals surface area contributed by atoms with E-state index in [1.807, 2.05) is 0 Å². The Hall–Kier alpha value is -1.82. The van der Waals surface area contributed by atoms with E-state index in [2.05, 4.69) is 18.7 Å². The molecule has 1 saturated heterocycles. The molecule has 1 fully saturated rings. The molecular weight excluding hydrogens is 260 g/mol. The summed E-state index contributed by atoms with van der Waals surface area (Å²) in [5.74, 6) is -1.49. The fraction of sp³-hybridized carbons (Fsp3) is 0.571. The second-order valence-corrected chi connectivity index (χ2v) is 4.88. The molecular formula is C14H20N2O4. The van der Waals surface area contributed by atoms with Gasteiger partial charge in [0, 0.05) is 19.1 Å². The molecule has 2 rings (SSSR count). The Kier molecular flexibility index (Phi) is 4.44. The van der Waals surface area contributed by atoms with Gasteiger partial charge in [-0.3, -0.25) is 9.69 Å². The van der Waals surface area contributed by atoms with Crippen LogP contribution >= 0.6 is 0 Å². The minimum atomic E-state index is -1.16. The van der Waals surface area contributed by atoms with Crippen molar-refractivity contribution in [2.24, 2.45) is 0 Å². The quantitative estimate of drug-likeness (QED) is 0.885. The smallest absolute Gasteiger partial charge is 0.371 e. The van der Waals surface area contributed by atoms with E-state index in [0.29, 0.717) is 19.1 Å². The number of carbonyl (C=O) groups excluding carboxylic acids is 1. The van der Waals surface area contributed by atoms with Crippen LogP contribution in [0.5, 0.6) is 0 Å². The highest BCUT2D eigenvalue weighted by molar-refractivity contribution is 5.93. The van der Waals surface area contributed by atoms with Gasteiger partial charge in [0.25, 0.3) is 5.91 Å². The summed E-state index contributed by atoms with van der Waals surface area (Å²) in [6.07, 6.45) is 0.944. The summed E-state index contributed by atoms with van der Waals surface area (Å²) in [5, 5.41) is 8.80. The van der Waals surface area contributed by atoms with Gasteiger partial charge in [-0.1, -0.05) is 13.8 Å². The molecule has 0 radical (unpaired) electrons. The summed E-state index contributed by atoms with van der Waals surface area (Å²) >= 11 is 0. The molecule has 1 aromatic rings. The van der Waals surface area contributed by atoms with Crippen molar-refractivity contribution in [1.29, 1.82) is 0 Å². The van der Waals surface area contributed by atoms with E-state index in [9.17, 15) is 9.59 Å². The van der Waals surface area contributed by atoms with Gasteiger partial charge in [0.05, 0.1) is 0 Å². The average Bonchev–Trinajstić information content (AvgIpc) is 3.09. The summed E-state index contributed by atoms with van der Waals surface area (Å²) in [6.45, 7) is 7.51. The third kappa shape index (κ3) is 2.85. The van der Waals surface area contributed by atoms with E-state index in [4.69, 9.17) is 9.52 Å². The molecule has 20 heavy (non-hydrogen) atoms. The second-order valence-electron chi connectivity index (χ2n) is 4.88. The molecule has 1 N–H and O–H groups in total. The van der Waals surface area contributed by atoms with E-state index < -0.39 is 5.97 Å². The maximum absolute atomic E-state index is 12.2. The van der Waals surface area contributed by atoms with Crippen molar-refractivity contribution in [1.82, 2.24) is 9.80 Å². The number of carboxylic acids is 1. The molecule has 1 atom stereocenters. The highest BCUT2D eigenvalue weighted by atomic mass is 16.4. The molecule has 6 nitrogen and oxygen atoms in total. The molecule has 1 amide bonds. The van der Waals surface area contributed by atoms with Crippen LogP contribution in [0.15, 0.2) is 16.5 Å². The molecule has 6 heteroatoms.